The summed E-state index contributed by atoms with van der Waals surface area (Å²) in [5.41, 5.74) is 1.21. The van der Waals surface area contributed by atoms with Crippen LogP contribution in [0.15, 0.2) is 53.1 Å². The summed E-state index contributed by atoms with van der Waals surface area (Å²) in [6.45, 7) is 2.99. The highest BCUT2D eigenvalue weighted by Crippen LogP contribution is 2.33. The topological polar surface area (TPSA) is 87.6 Å². The van der Waals surface area contributed by atoms with Gasteiger partial charge in [0.15, 0.2) is 17.4 Å². The van der Waals surface area contributed by atoms with Crippen molar-refractivity contribution in [1.29, 1.82) is 0 Å². The molecule has 0 spiro atoms. The van der Waals surface area contributed by atoms with Crippen LogP contribution >= 0.6 is 0 Å². The van der Waals surface area contributed by atoms with Gasteiger partial charge in [0, 0.05) is 26.2 Å². The van der Waals surface area contributed by atoms with E-state index in [1.165, 1.54) is 11.8 Å². The first-order chi connectivity index (χ1) is 14.2. The van der Waals surface area contributed by atoms with Gasteiger partial charge in [0.2, 0.25) is 0 Å². The molecule has 8 heteroatoms. The number of fused-ring (bicyclic) bond motifs is 1. The standard InChI is InChI=1S/C21H23N5O3/c27-16-11-17(25(13-16)12-15-5-2-1-3-6-15)20-23-22-19-14-24(8-9-26(19)20)21(28)18-7-4-10-29-18/h1-7,10,16-17,27H,8-9,11-14H2/t16-,17+/m1/s1. The Balaban J connectivity index is 1.35. The van der Waals surface area contributed by atoms with Crippen LogP contribution in [-0.2, 0) is 19.6 Å². The number of benzene rings is 1. The number of furan rings is 1. The molecule has 2 aliphatic heterocycles. The van der Waals surface area contributed by atoms with Gasteiger partial charge < -0.3 is 19.0 Å². The molecule has 0 unspecified atom stereocenters. The number of carbonyl (C=O) groups is 1. The molecule has 2 atom stereocenters. The molecule has 1 saturated heterocycles. The van der Waals surface area contributed by atoms with Crippen molar-refractivity contribution in [2.45, 2.75) is 38.2 Å². The minimum absolute atomic E-state index is 0.0128. The fourth-order valence-corrected chi connectivity index (χ4v) is 4.30. The maximum atomic E-state index is 12.6. The van der Waals surface area contributed by atoms with Crippen LogP contribution in [0.4, 0.5) is 0 Å². The van der Waals surface area contributed by atoms with Crippen molar-refractivity contribution in [3.8, 4) is 0 Å². The molecule has 1 fully saturated rings. The van der Waals surface area contributed by atoms with Gasteiger partial charge in [-0.3, -0.25) is 9.69 Å². The fraction of sp³-hybridized carbons (Fsp3) is 0.381. The Morgan fingerprint density at radius 1 is 1.14 bits per heavy atom. The fourth-order valence-electron chi connectivity index (χ4n) is 4.30. The van der Waals surface area contributed by atoms with E-state index in [-0.39, 0.29) is 18.1 Å². The Labute approximate surface area is 168 Å². The van der Waals surface area contributed by atoms with E-state index in [1.807, 2.05) is 18.2 Å². The summed E-state index contributed by atoms with van der Waals surface area (Å²) in [6.07, 6.45) is 1.77. The second kappa shape index (κ2) is 7.46. The minimum atomic E-state index is -0.378. The van der Waals surface area contributed by atoms with Gasteiger partial charge in [-0.1, -0.05) is 30.3 Å². The van der Waals surface area contributed by atoms with Gasteiger partial charge in [0.25, 0.3) is 5.91 Å². The quantitative estimate of drug-likeness (QED) is 0.728. The summed E-state index contributed by atoms with van der Waals surface area (Å²) in [5.74, 6) is 1.85. The van der Waals surface area contributed by atoms with Crippen LogP contribution < -0.4 is 0 Å². The average molecular weight is 393 g/mol. The Bertz CT molecular complexity index is 985. The second-order valence-electron chi connectivity index (χ2n) is 7.65. The van der Waals surface area contributed by atoms with Gasteiger partial charge in [-0.15, -0.1) is 10.2 Å². The van der Waals surface area contributed by atoms with Gasteiger partial charge in [-0.05, 0) is 24.1 Å². The average Bonchev–Trinajstić information content (AvgIpc) is 3.47. The maximum absolute atomic E-state index is 12.6. The summed E-state index contributed by atoms with van der Waals surface area (Å²) in [4.78, 5) is 16.6. The number of carbonyl (C=O) groups excluding carboxylic acids is 1. The number of likely N-dealkylation sites (tertiary alicyclic amines) is 1. The van der Waals surface area contributed by atoms with Crippen molar-refractivity contribution in [3.05, 3.63) is 71.7 Å². The predicted molar refractivity (Wildman–Crippen MR) is 104 cm³/mol. The first-order valence-electron chi connectivity index (χ1n) is 9.90. The lowest BCUT2D eigenvalue weighted by atomic mass is 10.1. The second-order valence-corrected chi connectivity index (χ2v) is 7.65. The number of aliphatic hydroxyl groups excluding tert-OH is 1. The van der Waals surface area contributed by atoms with Gasteiger partial charge in [-0.2, -0.15) is 0 Å². The molecular formula is C21H23N5O3. The Morgan fingerprint density at radius 3 is 2.79 bits per heavy atom. The highest BCUT2D eigenvalue weighted by molar-refractivity contribution is 5.91. The molecule has 1 amide bonds. The van der Waals surface area contributed by atoms with E-state index < -0.39 is 0 Å². The van der Waals surface area contributed by atoms with E-state index in [4.69, 9.17) is 4.42 Å². The van der Waals surface area contributed by atoms with E-state index in [1.54, 1.807) is 17.0 Å². The van der Waals surface area contributed by atoms with Crippen molar-refractivity contribution in [3.63, 3.8) is 0 Å². The SMILES string of the molecule is O=C(c1ccco1)N1CCn2c(nnc2[C@@H]2C[C@@H](O)CN2Cc2ccccc2)C1. The summed E-state index contributed by atoms with van der Waals surface area (Å²) in [6, 6.07) is 13.7. The third-order valence-electron chi connectivity index (χ3n) is 5.71. The zero-order valence-corrected chi connectivity index (χ0v) is 16.0. The molecule has 1 N–H and O–H groups in total. The maximum Gasteiger partial charge on any atom is 0.290 e. The highest BCUT2D eigenvalue weighted by Gasteiger charge is 2.37. The molecule has 0 saturated carbocycles. The van der Waals surface area contributed by atoms with Gasteiger partial charge in [0.05, 0.1) is 25.0 Å². The third kappa shape index (κ3) is 3.45. The molecule has 0 radical (unpaired) electrons. The van der Waals surface area contributed by atoms with Crippen molar-refractivity contribution in [2.75, 3.05) is 13.1 Å². The molecule has 0 aliphatic carbocycles. The summed E-state index contributed by atoms with van der Waals surface area (Å²) in [7, 11) is 0. The largest absolute Gasteiger partial charge is 0.459 e. The van der Waals surface area contributed by atoms with Crippen molar-refractivity contribution < 1.29 is 14.3 Å². The van der Waals surface area contributed by atoms with E-state index in [2.05, 4.69) is 31.8 Å². The Hall–Kier alpha value is -2.97. The lowest BCUT2D eigenvalue weighted by molar-refractivity contribution is 0.0672. The highest BCUT2D eigenvalue weighted by atomic mass is 16.3. The summed E-state index contributed by atoms with van der Waals surface area (Å²) >= 11 is 0. The first-order valence-corrected chi connectivity index (χ1v) is 9.90. The molecule has 5 rings (SSSR count). The molecule has 2 aromatic heterocycles. The van der Waals surface area contributed by atoms with E-state index in [0.29, 0.717) is 38.4 Å². The molecule has 29 heavy (non-hydrogen) atoms. The first kappa shape index (κ1) is 18.1. The van der Waals surface area contributed by atoms with Gasteiger partial charge in [0.1, 0.15) is 0 Å². The van der Waals surface area contributed by atoms with E-state index >= 15 is 0 Å². The number of nitrogens with zero attached hydrogens (tertiary/aromatic N) is 5. The van der Waals surface area contributed by atoms with Gasteiger partial charge in [-0.25, -0.2) is 0 Å². The number of rotatable bonds is 4. The van der Waals surface area contributed by atoms with Crippen LogP contribution in [-0.4, -0.2) is 54.8 Å². The predicted octanol–water partition coefficient (Wildman–Crippen LogP) is 1.83. The summed E-state index contributed by atoms with van der Waals surface area (Å²) in [5, 5.41) is 19.1. The number of amides is 1. The van der Waals surface area contributed by atoms with E-state index in [9.17, 15) is 9.90 Å². The molecule has 1 aromatic carbocycles. The molecule has 8 nitrogen and oxygen atoms in total. The van der Waals surface area contributed by atoms with Crippen molar-refractivity contribution >= 4 is 5.91 Å². The van der Waals surface area contributed by atoms with Crippen molar-refractivity contribution in [2.24, 2.45) is 0 Å². The van der Waals surface area contributed by atoms with Crippen LogP contribution in [0, 0.1) is 0 Å². The number of aliphatic hydroxyl groups is 1. The molecule has 4 heterocycles. The smallest absolute Gasteiger partial charge is 0.290 e. The molecule has 150 valence electrons. The van der Waals surface area contributed by atoms with Crippen LogP contribution in [0.2, 0.25) is 0 Å². The number of hydrogen-bond donors (Lipinski definition) is 1. The molecule has 0 bridgehead atoms. The normalized spacial score (nSPS) is 22.0. The molecule has 3 aromatic rings. The van der Waals surface area contributed by atoms with Gasteiger partial charge >= 0.3 is 0 Å². The van der Waals surface area contributed by atoms with Crippen molar-refractivity contribution in [1.82, 2.24) is 24.6 Å². The van der Waals surface area contributed by atoms with Crippen LogP contribution in [0.1, 0.15) is 40.2 Å². The number of β-amino-alcohol motifs (C(OH)–C–C–N with tert-alkyl or cyclic N) is 1. The minimum Gasteiger partial charge on any atom is -0.459 e. The molecule has 2 aliphatic rings. The zero-order chi connectivity index (χ0) is 19.8. The number of hydrogen-bond acceptors (Lipinski definition) is 6. The zero-order valence-electron chi connectivity index (χ0n) is 16.0. The Morgan fingerprint density at radius 2 is 2.00 bits per heavy atom. The van der Waals surface area contributed by atoms with Crippen LogP contribution in [0.25, 0.3) is 0 Å². The monoisotopic (exact) mass is 393 g/mol. The lowest BCUT2D eigenvalue weighted by Crippen LogP contribution is -2.39. The van der Waals surface area contributed by atoms with Crippen LogP contribution in [0.3, 0.4) is 0 Å². The Kier molecular flexibility index (Phi) is 4.65. The lowest BCUT2D eigenvalue weighted by Gasteiger charge is -2.29. The summed E-state index contributed by atoms with van der Waals surface area (Å²) < 4.78 is 7.34. The number of aromatic nitrogens is 3. The van der Waals surface area contributed by atoms with Crippen LogP contribution in [0.5, 0.6) is 0 Å². The molecular weight excluding hydrogens is 370 g/mol. The van der Waals surface area contributed by atoms with E-state index in [0.717, 1.165) is 18.2 Å². The third-order valence-corrected chi connectivity index (χ3v) is 5.71.